The second kappa shape index (κ2) is 7.86. The van der Waals surface area contributed by atoms with Gasteiger partial charge in [0.25, 0.3) is 5.56 Å². The van der Waals surface area contributed by atoms with Crippen molar-refractivity contribution in [1.82, 2.24) is 9.55 Å². The van der Waals surface area contributed by atoms with Crippen molar-refractivity contribution in [3.8, 4) is 21.9 Å². The summed E-state index contributed by atoms with van der Waals surface area (Å²) < 4.78 is 13.1. The molecule has 0 amide bonds. The molecule has 0 aliphatic carbocycles. The van der Waals surface area contributed by atoms with Crippen LogP contribution in [0, 0.1) is 0 Å². The average Bonchev–Trinajstić information content (AvgIpc) is 3.24. The molecule has 5 nitrogen and oxygen atoms in total. The van der Waals surface area contributed by atoms with Gasteiger partial charge in [-0.2, -0.15) is 0 Å². The van der Waals surface area contributed by atoms with Crippen LogP contribution in [0.15, 0.2) is 71.1 Å². The second-order valence-electron chi connectivity index (χ2n) is 6.51. The highest BCUT2D eigenvalue weighted by molar-refractivity contribution is 7.13. The minimum atomic E-state index is -0.191. The first-order chi connectivity index (χ1) is 13.6. The number of aromatic nitrogens is 2. The average molecular weight is 392 g/mol. The van der Waals surface area contributed by atoms with E-state index in [-0.39, 0.29) is 11.7 Å². The van der Waals surface area contributed by atoms with Crippen LogP contribution in [0.2, 0.25) is 0 Å². The molecule has 4 rings (SSSR count). The Hall–Kier alpha value is -3.12. The second-order valence-corrected chi connectivity index (χ2v) is 7.45. The van der Waals surface area contributed by atoms with Crippen LogP contribution in [-0.2, 0) is 6.54 Å². The predicted octanol–water partition coefficient (Wildman–Crippen LogP) is 4.60. The normalized spacial score (nSPS) is 12.1. The lowest BCUT2D eigenvalue weighted by Gasteiger charge is -2.18. The molecule has 0 saturated carbocycles. The molecule has 0 radical (unpaired) electrons. The molecule has 28 heavy (non-hydrogen) atoms. The van der Waals surface area contributed by atoms with Crippen LogP contribution in [0.4, 0.5) is 0 Å². The maximum Gasteiger partial charge on any atom is 0.250 e. The van der Waals surface area contributed by atoms with Gasteiger partial charge in [-0.25, -0.2) is 0 Å². The van der Waals surface area contributed by atoms with Gasteiger partial charge in [0.05, 0.1) is 19.2 Å². The van der Waals surface area contributed by atoms with E-state index >= 15 is 0 Å². The summed E-state index contributed by atoms with van der Waals surface area (Å²) in [6.45, 7) is 2.41. The molecule has 3 aromatic heterocycles. The lowest BCUT2D eigenvalue weighted by molar-refractivity contribution is 0.200. The summed E-state index contributed by atoms with van der Waals surface area (Å²) in [6, 6.07) is 15.1. The molecular formula is C22H20N2O3S. The molecule has 1 atom stereocenters. The van der Waals surface area contributed by atoms with E-state index in [1.807, 2.05) is 61.0 Å². The summed E-state index contributed by atoms with van der Waals surface area (Å²) in [7, 11) is 1.63. The van der Waals surface area contributed by atoms with Crippen LogP contribution in [0.25, 0.3) is 21.3 Å². The molecule has 0 aliphatic rings. The monoisotopic (exact) mass is 392 g/mol. The number of ether oxygens (including phenoxy) is 2. The third kappa shape index (κ3) is 3.77. The summed E-state index contributed by atoms with van der Waals surface area (Å²) in [4.78, 5) is 17.8. The number of fused-ring (bicyclic) bond motifs is 1. The molecule has 0 bridgehead atoms. The first kappa shape index (κ1) is 18.3. The number of benzene rings is 1. The summed E-state index contributed by atoms with van der Waals surface area (Å²) in [5, 5.41) is 2.94. The lowest BCUT2D eigenvalue weighted by atomic mass is 10.2. The molecule has 142 valence electrons. The van der Waals surface area contributed by atoms with Crippen LogP contribution in [0.3, 0.4) is 0 Å². The van der Waals surface area contributed by atoms with Crippen molar-refractivity contribution in [2.24, 2.45) is 0 Å². The van der Waals surface area contributed by atoms with Crippen LogP contribution < -0.4 is 15.0 Å². The fourth-order valence-electron chi connectivity index (χ4n) is 3.13. The fraction of sp³-hybridized carbons (Fsp3) is 0.182. The summed E-state index contributed by atoms with van der Waals surface area (Å²) >= 11 is 1.65. The van der Waals surface area contributed by atoms with Crippen LogP contribution in [0.1, 0.15) is 6.92 Å². The summed E-state index contributed by atoms with van der Waals surface area (Å²) in [6.07, 6.45) is 3.42. The van der Waals surface area contributed by atoms with Crippen molar-refractivity contribution in [2.45, 2.75) is 19.6 Å². The topological polar surface area (TPSA) is 53.4 Å². The third-order valence-electron chi connectivity index (χ3n) is 4.48. The van der Waals surface area contributed by atoms with Gasteiger partial charge in [-0.3, -0.25) is 9.78 Å². The standard InChI is InChI=1S/C22H20N2O3S/c1-15(13-24-14-16(5-8-22(24)25)21-4-3-11-28-21)27-20-9-10-23-19-12-17(26-2)6-7-18(19)20/h3-12,14-15H,13H2,1-2H3. The van der Waals surface area contributed by atoms with Crippen LogP contribution in [0.5, 0.6) is 11.5 Å². The van der Waals surface area contributed by atoms with Gasteiger partial charge in [0.2, 0.25) is 0 Å². The number of pyridine rings is 2. The van der Waals surface area contributed by atoms with Gasteiger partial charge >= 0.3 is 0 Å². The Morgan fingerprint density at radius 1 is 1.18 bits per heavy atom. The van der Waals surface area contributed by atoms with Crippen molar-refractivity contribution in [2.75, 3.05) is 7.11 Å². The van der Waals surface area contributed by atoms with Gasteiger partial charge in [-0.1, -0.05) is 6.07 Å². The SMILES string of the molecule is COc1ccc2c(OC(C)Cn3cc(-c4cccs4)ccc3=O)ccnc2c1. The summed E-state index contributed by atoms with van der Waals surface area (Å²) in [5.41, 5.74) is 1.80. The van der Waals surface area contributed by atoms with E-state index in [9.17, 15) is 4.79 Å². The minimum absolute atomic E-state index is 0.0416. The zero-order chi connectivity index (χ0) is 19.5. The number of thiophene rings is 1. The third-order valence-corrected chi connectivity index (χ3v) is 5.40. The number of rotatable bonds is 6. The lowest BCUT2D eigenvalue weighted by Crippen LogP contribution is -2.27. The fourth-order valence-corrected chi connectivity index (χ4v) is 3.84. The smallest absolute Gasteiger partial charge is 0.250 e. The van der Waals surface area contributed by atoms with E-state index in [1.54, 1.807) is 35.3 Å². The van der Waals surface area contributed by atoms with E-state index in [0.717, 1.165) is 32.8 Å². The Balaban J connectivity index is 1.57. The van der Waals surface area contributed by atoms with Gasteiger partial charge in [-0.05, 0) is 42.6 Å². The van der Waals surface area contributed by atoms with Crippen molar-refractivity contribution >= 4 is 22.2 Å². The van der Waals surface area contributed by atoms with E-state index in [0.29, 0.717) is 6.54 Å². The van der Waals surface area contributed by atoms with Crippen LogP contribution >= 0.6 is 11.3 Å². The maximum absolute atomic E-state index is 12.3. The number of nitrogens with zero attached hydrogens (tertiary/aromatic N) is 2. The van der Waals surface area contributed by atoms with Gasteiger partial charge in [0.1, 0.15) is 17.6 Å². The predicted molar refractivity (Wildman–Crippen MR) is 112 cm³/mol. The summed E-state index contributed by atoms with van der Waals surface area (Å²) in [5.74, 6) is 1.49. The number of hydrogen-bond acceptors (Lipinski definition) is 5. The van der Waals surface area contributed by atoms with Crippen LogP contribution in [-0.4, -0.2) is 22.8 Å². The van der Waals surface area contributed by atoms with Gasteiger partial charge in [-0.15, -0.1) is 11.3 Å². The van der Waals surface area contributed by atoms with Crippen molar-refractivity contribution in [3.05, 3.63) is 76.7 Å². The Kier molecular flexibility index (Phi) is 5.12. The van der Waals surface area contributed by atoms with Gasteiger partial charge in [0, 0.05) is 40.4 Å². The molecule has 1 aromatic carbocycles. The highest BCUT2D eigenvalue weighted by Gasteiger charge is 2.11. The zero-order valence-electron chi connectivity index (χ0n) is 15.7. The molecule has 0 aliphatic heterocycles. The molecule has 0 saturated heterocycles. The first-order valence-corrected chi connectivity index (χ1v) is 9.86. The Labute approximate surface area is 166 Å². The van der Waals surface area contributed by atoms with Gasteiger partial charge in [0.15, 0.2) is 0 Å². The molecule has 0 spiro atoms. The number of hydrogen-bond donors (Lipinski definition) is 0. The first-order valence-electron chi connectivity index (χ1n) is 8.98. The Morgan fingerprint density at radius 3 is 2.86 bits per heavy atom. The molecular weight excluding hydrogens is 372 g/mol. The van der Waals surface area contributed by atoms with Crippen molar-refractivity contribution in [1.29, 1.82) is 0 Å². The molecule has 0 fully saturated rings. The molecule has 1 unspecified atom stereocenters. The highest BCUT2D eigenvalue weighted by Crippen LogP contribution is 2.28. The largest absolute Gasteiger partial charge is 0.497 e. The zero-order valence-corrected chi connectivity index (χ0v) is 16.5. The van der Waals surface area contributed by atoms with E-state index < -0.39 is 0 Å². The van der Waals surface area contributed by atoms with E-state index in [4.69, 9.17) is 9.47 Å². The molecule has 4 aromatic rings. The van der Waals surface area contributed by atoms with Crippen molar-refractivity contribution in [3.63, 3.8) is 0 Å². The minimum Gasteiger partial charge on any atom is -0.497 e. The maximum atomic E-state index is 12.3. The molecule has 0 N–H and O–H groups in total. The molecule has 3 heterocycles. The number of methoxy groups -OCH3 is 1. The quantitative estimate of drug-likeness (QED) is 0.481. The Bertz CT molecular complexity index is 1150. The van der Waals surface area contributed by atoms with E-state index in [2.05, 4.69) is 4.98 Å². The molecule has 6 heteroatoms. The van der Waals surface area contributed by atoms with Crippen molar-refractivity contribution < 1.29 is 9.47 Å². The van der Waals surface area contributed by atoms with Gasteiger partial charge < -0.3 is 14.0 Å². The van der Waals surface area contributed by atoms with E-state index in [1.165, 1.54) is 0 Å². The Morgan fingerprint density at radius 2 is 2.07 bits per heavy atom. The highest BCUT2D eigenvalue weighted by atomic mass is 32.1.